The number of carbonyl (C=O) groups is 2. The highest BCUT2D eigenvalue weighted by Crippen LogP contribution is 2.26. The molecule has 3 rings (SSSR count). The summed E-state index contributed by atoms with van der Waals surface area (Å²) in [6.07, 6.45) is 1.74. The molecule has 29 heavy (non-hydrogen) atoms. The fourth-order valence-corrected chi connectivity index (χ4v) is 5.03. The van der Waals surface area contributed by atoms with E-state index in [0.29, 0.717) is 32.4 Å². The SMILES string of the molecule is O=C(CNC(=O)C1CCCN1S(=O)(=O)c1ccccc1)NCCc1ccccc1. The number of rotatable bonds is 8. The molecule has 0 aliphatic carbocycles. The van der Waals surface area contributed by atoms with Crippen LogP contribution in [0.2, 0.25) is 0 Å². The Kier molecular flexibility index (Phi) is 7.00. The standard InChI is InChI=1S/C21H25N3O4S/c25-20(22-14-13-17-8-3-1-4-9-17)16-23-21(26)19-12-7-15-24(19)29(27,28)18-10-5-2-6-11-18/h1-6,8-11,19H,7,12-16H2,(H,22,25)(H,23,26). The average Bonchev–Trinajstić information content (AvgIpc) is 3.24. The highest BCUT2D eigenvalue weighted by molar-refractivity contribution is 7.89. The van der Waals surface area contributed by atoms with Crippen LogP contribution in [0.15, 0.2) is 65.6 Å². The molecule has 1 atom stereocenters. The summed E-state index contributed by atoms with van der Waals surface area (Å²) < 4.78 is 26.9. The number of nitrogens with zero attached hydrogens (tertiary/aromatic N) is 1. The molecule has 2 N–H and O–H groups in total. The molecule has 1 aliphatic rings. The monoisotopic (exact) mass is 415 g/mol. The Bertz CT molecular complexity index is 933. The molecule has 1 saturated heterocycles. The van der Waals surface area contributed by atoms with Crippen LogP contribution in [0.5, 0.6) is 0 Å². The summed E-state index contributed by atoms with van der Waals surface area (Å²) in [7, 11) is -3.74. The van der Waals surface area contributed by atoms with Gasteiger partial charge in [0.2, 0.25) is 21.8 Å². The summed E-state index contributed by atoms with van der Waals surface area (Å²) in [5.41, 5.74) is 1.12. The van der Waals surface area contributed by atoms with Crippen molar-refractivity contribution in [2.24, 2.45) is 0 Å². The molecule has 1 unspecified atom stereocenters. The van der Waals surface area contributed by atoms with E-state index in [-0.39, 0.29) is 17.3 Å². The third-order valence-corrected chi connectivity index (χ3v) is 6.78. The minimum atomic E-state index is -3.74. The van der Waals surface area contributed by atoms with Crippen LogP contribution in [0, 0.1) is 0 Å². The second-order valence-electron chi connectivity index (χ2n) is 6.89. The lowest BCUT2D eigenvalue weighted by Crippen LogP contribution is -2.48. The fourth-order valence-electron chi connectivity index (χ4n) is 3.36. The van der Waals surface area contributed by atoms with Crippen molar-refractivity contribution in [2.45, 2.75) is 30.2 Å². The highest BCUT2D eigenvalue weighted by atomic mass is 32.2. The summed E-state index contributed by atoms with van der Waals surface area (Å²) in [6, 6.07) is 17.1. The van der Waals surface area contributed by atoms with Crippen LogP contribution in [0.3, 0.4) is 0 Å². The summed E-state index contributed by atoms with van der Waals surface area (Å²) in [4.78, 5) is 24.7. The lowest BCUT2D eigenvalue weighted by atomic mass is 10.1. The molecule has 2 aromatic carbocycles. The van der Waals surface area contributed by atoms with Gasteiger partial charge in [0, 0.05) is 13.1 Å². The van der Waals surface area contributed by atoms with Crippen molar-refractivity contribution in [1.29, 1.82) is 0 Å². The van der Waals surface area contributed by atoms with Gasteiger partial charge in [0.25, 0.3) is 0 Å². The topological polar surface area (TPSA) is 95.6 Å². The second-order valence-corrected chi connectivity index (χ2v) is 8.78. The first-order valence-corrected chi connectivity index (χ1v) is 11.1. The van der Waals surface area contributed by atoms with Gasteiger partial charge in [0.1, 0.15) is 6.04 Å². The lowest BCUT2D eigenvalue weighted by molar-refractivity contribution is -0.128. The van der Waals surface area contributed by atoms with Crippen LogP contribution in [-0.2, 0) is 26.0 Å². The number of benzene rings is 2. The van der Waals surface area contributed by atoms with Crippen molar-refractivity contribution in [3.63, 3.8) is 0 Å². The smallest absolute Gasteiger partial charge is 0.243 e. The van der Waals surface area contributed by atoms with E-state index < -0.39 is 22.0 Å². The van der Waals surface area contributed by atoms with Crippen molar-refractivity contribution >= 4 is 21.8 Å². The Morgan fingerprint density at radius 1 is 0.966 bits per heavy atom. The number of carbonyl (C=O) groups excluding carboxylic acids is 2. The molecule has 2 amide bonds. The predicted octanol–water partition coefficient (Wildman–Crippen LogP) is 1.31. The summed E-state index contributed by atoms with van der Waals surface area (Å²) in [5.74, 6) is -0.745. The molecular formula is C21H25N3O4S. The molecule has 154 valence electrons. The zero-order valence-electron chi connectivity index (χ0n) is 16.1. The highest BCUT2D eigenvalue weighted by Gasteiger charge is 2.39. The lowest BCUT2D eigenvalue weighted by Gasteiger charge is -2.23. The quantitative estimate of drug-likeness (QED) is 0.680. The van der Waals surface area contributed by atoms with Gasteiger partial charge in [-0.05, 0) is 37.0 Å². The molecule has 2 aromatic rings. The van der Waals surface area contributed by atoms with E-state index in [1.165, 1.54) is 16.4 Å². The van der Waals surface area contributed by atoms with Crippen LogP contribution in [0.4, 0.5) is 0 Å². The number of sulfonamides is 1. The fraction of sp³-hybridized carbons (Fsp3) is 0.333. The maximum absolute atomic E-state index is 12.8. The Balaban J connectivity index is 1.50. The minimum Gasteiger partial charge on any atom is -0.354 e. The Hall–Kier alpha value is -2.71. The molecule has 1 heterocycles. The predicted molar refractivity (Wildman–Crippen MR) is 110 cm³/mol. The molecule has 0 spiro atoms. The van der Waals surface area contributed by atoms with E-state index in [0.717, 1.165) is 5.56 Å². The summed E-state index contributed by atoms with van der Waals surface area (Å²) in [6.45, 7) is 0.582. The van der Waals surface area contributed by atoms with E-state index in [1.54, 1.807) is 18.2 Å². The van der Waals surface area contributed by atoms with Crippen LogP contribution in [-0.4, -0.2) is 50.2 Å². The van der Waals surface area contributed by atoms with Crippen LogP contribution in [0.25, 0.3) is 0 Å². The van der Waals surface area contributed by atoms with Crippen molar-refractivity contribution in [1.82, 2.24) is 14.9 Å². The van der Waals surface area contributed by atoms with Gasteiger partial charge < -0.3 is 10.6 Å². The first kappa shape index (κ1) is 21.0. The van der Waals surface area contributed by atoms with E-state index in [9.17, 15) is 18.0 Å². The molecule has 1 aliphatic heterocycles. The van der Waals surface area contributed by atoms with Gasteiger partial charge in [-0.3, -0.25) is 9.59 Å². The van der Waals surface area contributed by atoms with Crippen LogP contribution >= 0.6 is 0 Å². The maximum atomic E-state index is 12.8. The van der Waals surface area contributed by atoms with Crippen molar-refractivity contribution in [3.05, 3.63) is 66.2 Å². The zero-order chi connectivity index (χ0) is 20.7. The normalized spacial score (nSPS) is 17.0. The molecule has 0 saturated carbocycles. The zero-order valence-corrected chi connectivity index (χ0v) is 16.9. The number of hydrogen-bond donors (Lipinski definition) is 2. The van der Waals surface area contributed by atoms with Gasteiger partial charge in [-0.1, -0.05) is 48.5 Å². The Morgan fingerprint density at radius 2 is 1.62 bits per heavy atom. The van der Waals surface area contributed by atoms with Gasteiger partial charge in [-0.2, -0.15) is 4.31 Å². The average molecular weight is 416 g/mol. The first-order chi connectivity index (χ1) is 14.0. The molecule has 0 radical (unpaired) electrons. The van der Waals surface area contributed by atoms with Gasteiger partial charge in [-0.25, -0.2) is 8.42 Å². The number of nitrogens with one attached hydrogen (secondary N) is 2. The Morgan fingerprint density at radius 3 is 2.31 bits per heavy atom. The van der Waals surface area contributed by atoms with Crippen molar-refractivity contribution in [3.8, 4) is 0 Å². The van der Waals surface area contributed by atoms with Crippen molar-refractivity contribution in [2.75, 3.05) is 19.6 Å². The minimum absolute atomic E-state index is 0.165. The van der Waals surface area contributed by atoms with Gasteiger partial charge in [0.05, 0.1) is 11.4 Å². The number of hydrogen-bond acceptors (Lipinski definition) is 4. The molecule has 8 heteroatoms. The van der Waals surface area contributed by atoms with Gasteiger partial charge in [-0.15, -0.1) is 0 Å². The molecule has 7 nitrogen and oxygen atoms in total. The van der Waals surface area contributed by atoms with Crippen LogP contribution in [0.1, 0.15) is 18.4 Å². The molecule has 0 bridgehead atoms. The third kappa shape index (κ3) is 5.42. The maximum Gasteiger partial charge on any atom is 0.243 e. The summed E-state index contributed by atoms with van der Waals surface area (Å²) >= 11 is 0. The van der Waals surface area contributed by atoms with Gasteiger partial charge >= 0.3 is 0 Å². The van der Waals surface area contributed by atoms with E-state index in [1.807, 2.05) is 30.3 Å². The largest absolute Gasteiger partial charge is 0.354 e. The Labute approximate surface area is 171 Å². The molecule has 0 aromatic heterocycles. The van der Waals surface area contributed by atoms with Gasteiger partial charge in [0.15, 0.2) is 0 Å². The second kappa shape index (κ2) is 9.67. The van der Waals surface area contributed by atoms with Crippen molar-refractivity contribution < 1.29 is 18.0 Å². The molecule has 1 fully saturated rings. The van der Waals surface area contributed by atoms with E-state index >= 15 is 0 Å². The third-order valence-electron chi connectivity index (χ3n) is 4.86. The summed E-state index contributed by atoms with van der Waals surface area (Å²) in [5, 5.41) is 5.33. The first-order valence-electron chi connectivity index (χ1n) is 9.64. The van der Waals surface area contributed by atoms with E-state index in [4.69, 9.17) is 0 Å². The molecular weight excluding hydrogens is 390 g/mol. The number of amides is 2. The van der Waals surface area contributed by atoms with Crippen LogP contribution < -0.4 is 10.6 Å². The van der Waals surface area contributed by atoms with E-state index in [2.05, 4.69) is 10.6 Å².